The number of barbiturate groups is 1. The first-order valence-electron chi connectivity index (χ1n) is 10.8. The lowest BCUT2D eigenvalue weighted by atomic mass is 10.0. The van der Waals surface area contributed by atoms with Crippen molar-refractivity contribution in [3.05, 3.63) is 94.3 Å². The number of halogens is 1. The van der Waals surface area contributed by atoms with Gasteiger partial charge in [-0.1, -0.05) is 24.3 Å². The number of nitrogens with one attached hydrogen (secondary N) is 1. The summed E-state index contributed by atoms with van der Waals surface area (Å²) < 4.78 is 25.1. The molecule has 35 heavy (non-hydrogen) atoms. The van der Waals surface area contributed by atoms with E-state index in [-0.39, 0.29) is 17.9 Å². The number of nitrogens with zero attached hydrogens (tertiary/aromatic N) is 1. The number of hydrogen-bond donors (Lipinski definition) is 1. The van der Waals surface area contributed by atoms with Crippen molar-refractivity contribution >= 4 is 29.6 Å². The predicted octanol–water partition coefficient (Wildman–Crippen LogP) is 4.70. The molecule has 0 atom stereocenters. The Bertz CT molecular complexity index is 1370. The van der Waals surface area contributed by atoms with E-state index in [0.717, 1.165) is 16.0 Å². The maximum atomic E-state index is 14.1. The summed E-state index contributed by atoms with van der Waals surface area (Å²) in [4.78, 5) is 39.3. The number of ether oxygens (including phenoxy) is 2. The smallest absolute Gasteiger partial charge is 0.335 e. The van der Waals surface area contributed by atoms with Crippen LogP contribution in [0.3, 0.4) is 0 Å². The second kappa shape index (κ2) is 9.80. The van der Waals surface area contributed by atoms with E-state index in [4.69, 9.17) is 9.47 Å². The third-order valence-corrected chi connectivity index (χ3v) is 5.71. The highest BCUT2D eigenvalue weighted by atomic mass is 19.1. The van der Waals surface area contributed by atoms with Crippen LogP contribution in [0, 0.1) is 19.7 Å². The summed E-state index contributed by atoms with van der Waals surface area (Å²) in [5, 5.41) is 2.21. The zero-order valence-electron chi connectivity index (χ0n) is 19.4. The Morgan fingerprint density at radius 1 is 0.971 bits per heavy atom. The van der Waals surface area contributed by atoms with E-state index in [1.165, 1.54) is 19.3 Å². The van der Waals surface area contributed by atoms with Crippen molar-refractivity contribution in [3.63, 3.8) is 0 Å². The van der Waals surface area contributed by atoms with Crippen LogP contribution >= 0.6 is 0 Å². The van der Waals surface area contributed by atoms with Gasteiger partial charge in [0, 0.05) is 17.2 Å². The van der Waals surface area contributed by atoms with E-state index in [0.29, 0.717) is 22.6 Å². The van der Waals surface area contributed by atoms with E-state index in [9.17, 15) is 18.8 Å². The molecule has 0 saturated carbocycles. The number of aryl methyl sites for hydroxylation is 2. The zero-order valence-corrected chi connectivity index (χ0v) is 19.4. The molecule has 1 aliphatic heterocycles. The van der Waals surface area contributed by atoms with Crippen molar-refractivity contribution in [1.29, 1.82) is 0 Å². The molecule has 8 heteroatoms. The summed E-state index contributed by atoms with van der Waals surface area (Å²) >= 11 is 0. The van der Waals surface area contributed by atoms with Crippen molar-refractivity contribution in [2.75, 3.05) is 12.0 Å². The number of methoxy groups -OCH3 is 1. The van der Waals surface area contributed by atoms with E-state index in [1.807, 2.05) is 13.8 Å². The fourth-order valence-electron chi connectivity index (χ4n) is 3.57. The predicted molar refractivity (Wildman–Crippen MR) is 129 cm³/mol. The number of imide groups is 2. The maximum Gasteiger partial charge on any atom is 0.335 e. The molecule has 0 bridgehead atoms. The maximum absolute atomic E-state index is 14.1. The van der Waals surface area contributed by atoms with E-state index in [2.05, 4.69) is 5.32 Å². The Balaban J connectivity index is 1.70. The number of rotatable bonds is 6. The van der Waals surface area contributed by atoms with Gasteiger partial charge in [0.25, 0.3) is 11.8 Å². The van der Waals surface area contributed by atoms with Crippen LogP contribution in [0.4, 0.5) is 14.9 Å². The Morgan fingerprint density at radius 2 is 1.74 bits per heavy atom. The fraction of sp³-hybridized carbons (Fsp3) is 0.148. The average molecular weight is 474 g/mol. The van der Waals surface area contributed by atoms with Crippen LogP contribution in [0.25, 0.3) is 6.08 Å². The van der Waals surface area contributed by atoms with E-state index in [1.54, 1.807) is 54.6 Å². The fourth-order valence-corrected chi connectivity index (χ4v) is 3.57. The highest BCUT2D eigenvalue weighted by Crippen LogP contribution is 2.30. The molecule has 1 heterocycles. The summed E-state index contributed by atoms with van der Waals surface area (Å²) in [5.74, 6) is -1.26. The van der Waals surface area contributed by atoms with Gasteiger partial charge in [-0.05, 0) is 61.4 Å². The molecular weight excluding hydrogens is 451 g/mol. The molecule has 1 saturated heterocycles. The van der Waals surface area contributed by atoms with Gasteiger partial charge < -0.3 is 9.47 Å². The van der Waals surface area contributed by atoms with Gasteiger partial charge in [-0.15, -0.1) is 0 Å². The first kappa shape index (κ1) is 23.7. The third kappa shape index (κ3) is 4.91. The molecule has 178 valence electrons. The molecule has 1 aliphatic rings. The minimum Gasteiger partial charge on any atom is -0.497 e. The lowest BCUT2D eigenvalue weighted by Crippen LogP contribution is -2.54. The number of anilines is 1. The molecule has 3 aromatic carbocycles. The second-order valence-electron chi connectivity index (χ2n) is 8.01. The van der Waals surface area contributed by atoms with Crippen molar-refractivity contribution in [3.8, 4) is 11.5 Å². The Labute approximate surface area is 201 Å². The van der Waals surface area contributed by atoms with E-state index >= 15 is 0 Å². The summed E-state index contributed by atoms with van der Waals surface area (Å²) in [6.45, 7) is 3.70. The summed E-state index contributed by atoms with van der Waals surface area (Å²) in [5.41, 5.74) is 2.72. The Morgan fingerprint density at radius 3 is 2.46 bits per heavy atom. The highest BCUT2D eigenvalue weighted by Gasteiger charge is 2.37. The Kier molecular flexibility index (Phi) is 6.64. The number of amides is 4. The van der Waals surface area contributed by atoms with Crippen LogP contribution in [0.15, 0.2) is 66.2 Å². The van der Waals surface area contributed by atoms with Crippen LogP contribution in [-0.4, -0.2) is 25.0 Å². The van der Waals surface area contributed by atoms with Crippen LogP contribution in [0.5, 0.6) is 11.5 Å². The van der Waals surface area contributed by atoms with Crippen molar-refractivity contribution in [2.24, 2.45) is 0 Å². The molecular formula is C27H23FN2O5. The normalized spacial score (nSPS) is 14.8. The van der Waals surface area contributed by atoms with Gasteiger partial charge in [-0.3, -0.25) is 14.9 Å². The molecule has 0 radical (unpaired) electrons. The zero-order chi connectivity index (χ0) is 25.1. The van der Waals surface area contributed by atoms with Gasteiger partial charge in [0.2, 0.25) is 0 Å². The molecule has 1 fully saturated rings. The van der Waals surface area contributed by atoms with Crippen molar-refractivity contribution in [1.82, 2.24) is 5.32 Å². The van der Waals surface area contributed by atoms with Crippen LogP contribution in [0.2, 0.25) is 0 Å². The van der Waals surface area contributed by atoms with Crippen LogP contribution in [0.1, 0.15) is 22.3 Å². The van der Waals surface area contributed by atoms with Crippen molar-refractivity contribution in [2.45, 2.75) is 20.5 Å². The number of carbonyl (C=O) groups is 3. The van der Waals surface area contributed by atoms with Gasteiger partial charge in [0.15, 0.2) is 0 Å². The molecule has 1 N–H and O–H groups in total. The van der Waals surface area contributed by atoms with Gasteiger partial charge >= 0.3 is 6.03 Å². The molecule has 7 nitrogen and oxygen atoms in total. The lowest BCUT2D eigenvalue weighted by molar-refractivity contribution is -0.122. The van der Waals surface area contributed by atoms with E-state index < -0.39 is 23.7 Å². The Hall–Kier alpha value is -4.46. The first-order valence-corrected chi connectivity index (χ1v) is 10.8. The first-order chi connectivity index (χ1) is 16.8. The number of hydrogen-bond acceptors (Lipinski definition) is 5. The molecule has 0 aliphatic carbocycles. The number of benzene rings is 3. The minimum atomic E-state index is -0.828. The third-order valence-electron chi connectivity index (χ3n) is 5.71. The summed E-state index contributed by atoms with van der Waals surface area (Å²) in [7, 11) is 1.49. The monoisotopic (exact) mass is 474 g/mol. The molecule has 4 rings (SSSR count). The largest absolute Gasteiger partial charge is 0.497 e. The van der Waals surface area contributed by atoms with Crippen molar-refractivity contribution < 1.29 is 28.2 Å². The average Bonchev–Trinajstić information content (AvgIpc) is 2.83. The minimum absolute atomic E-state index is 0.0799. The van der Waals surface area contributed by atoms with Crippen LogP contribution < -0.4 is 19.7 Å². The summed E-state index contributed by atoms with van der Waals surface area (Å²) in [6, 6.07) is 15.3. The lowest BCUT2D eigenvalue weighted by Gasteiger charge is -2.27. The van der Waals surface area contributed by atoms with Gasteiger partial charge in [-0.25, -0.2) is 14.1 Å². The molecule has 0 unspecified atom stereocenters. The number of carbonyl (C=O) groups excluding carboxylic acids is 3. The SMILES string of the molecule is COc1ccc(/C=C2\C(=O)NC(=O)N(c3ccc(C)c(C)c3)C2=O)c(OCc2ccccc2F)c1. The van der Waals surface area contributed by atoms with Gasteiger partial charge in [-0.2, -0.15) is 0 Å². The highest BCUT2D eigenvalue weighted by molar-refractivity contribution is 6.39. The molecule has 0 spiro atoms. The molecule has 3 aromatic rings. The standard InChI is InChI=1S/C27H23FN2O5/c1-16-8-10-20(12-17(16)2)30-26(32)22(25(31)29-27(30)33)13-18-9-11-21(34-3)14-24(18)35-15-19-6-4-5-7-23(19)28/h4-14H,15H2,1-3H3,(H,29,31,33)/b22-13+. The summed E-state index contributed by atoms with van der Waals surface area (Å²) in [6.07, 6.45) is 1.34. The molecule has 0 aromatic heterocycles. The van der Waals surface area contributed by atoms with Crippen LogP contribution in [-0.2, 0) is 16.2 Å². The second-order valence-corrected chi connectivity index (χ2v) is 8.01. The number of urea groups is 1. The van der Waals surface area contributed by atoms with Gasteiger partial charge in [0.1, 0.15) is 29.5 Å². The van der Waals surface area contributed by atoms with Gasteiger partial charge in [0.05, 0.1) is 12.8 Å². The molecule has 4 amide bonds. The quantitative estimate of drug-likeness (QED) is 0.414. The topological polar surface area (TPSA) is 84.9 Å².